The van der Waals surface area contributed by atoms with Gasteiger partial charge in [0.25, 0.3) is 0 Å². The topological polar surface area (TPSA) is 0 Å². The number of alkyl halides is 1. The highest BCUT2D eigenvalue weighted by Gasteiger charge is 1.94. The fraction of sp³-hybridized carbons (Fsp3) is 0.200. The van der Waals surface area contributed by atoms with Gasteiger partial charge in [-0.15, -0.1) is 11.6 Å². The maximum atomic E-state index is 5.99. The molecule has 0 aromatic heterocycles. The van der Waals surface area contributed by atoms with Crippen LogP contribution >= 0.6 is 23.2 Å². The summed E-state index contributed by atoms with van der Waals surface area (Å²) in [6.07, 6.45) is 2.75. The molecule has 0 N–H and O–H groups in total. The fourth-order valence-electron chi connectivity index (χ4n) is 0.897. The molecule has 0 atom stereocenters. The van der Waals surface area contributed by atoms with Crippen molar-refractivity contribution in [2.45, 2.75) is 6.42 Å². The van der Waals surface area contributed by atoms with E-state index >= 15 is 0 Å². The lowest BCUT2D eigenvalue weighted by Crippen LogP contribution is -1.76. The fourth-order valence-corrected chi connectivity index (χ4v) is 1.24. The lowest BCUT2D eigenvalue weighted by Gasteiger charge is -1.96. The Kier molecular flexibility index (Phi) is 4.20. The molecule has 2 heteroatoms. The van der Waals surface area contributed by atoms with Gasteiger partial charge in [0.15, 0.2) is 0 Å². The molecule has 0 aliphatic rings. The Bertz CT molecular complexity index is 252. The van der Waals surface area contributed by atoms with Gasteiger partial charge in [-0.1, -0.05) is 48.0 Å². The second kappa shape index (κ2) is 5.23. The number of hydrogen-bond acceptors (Lipinski definition) is 0. The highest BCUT2D eigenvalue weighted by atomic mass is 35.5. The third-order valence-electron chi connectivity index (χ3n) is 1.48. The Hall–Kier alpha value is -0.460. The van der Waals surface area contributed by atoms with Crippen molar-refractivity contribution in [3.63, 3.8) is 0 Å². The molecule has 1 aromatic rings. The van der Waals surface area contributed by atoms with Crippen LogP contribution in [0.5, 0.6) is 0 Å². The first-order chi connectivity index (χ1) is 5.84. The Morgan fingerprint density at radius 1 is 1.25 bits per heavy atom. The van der Waals surface area contributed by atoms with Crippen LogP contribution in [0.25, 0.3) is 5.03 Å². The number of benzene rings is 1. The van der Waals surface area contributed by atoms with Gasteiger partial charge in [-0.25, -0.2) is 0 Å². The van der Waals surface area contributed by atoms with Crippen molar-refractivity contribution in [3.8, 4) is 0 Å². The van der Waals surface area contributed by atoms with Crippen LogP contribution in [0.15, 0.2) is 36.4 Å². The molecule has 0 spiro atoms. The van der Waals surface area contributed by atoms with Crippen LogP contribution in [0, 0.1) is 0 Å². The van der Waals surface area contributed by atoms with Crippen molar-refractivity contribution >= 4 is 28.2 Å². The first kappa shape index (κ1) is 9.63. The SMILES string of the molecule is ClCC/C=C(\Cl)c1ccccc1. The second-order valence-corrected chi connectivity index (χ2v) is 3.18. The zero-order valence-corrected chi connectivity index (χ0v) is 8.15. The summed E-state index contributed by atoms with van der Waals surface area (Å²) in [5.74, 6) is 0.614. The number of allylic oxidation sites excluding steroid dienone is 1. The van der Waals surface area contributed by atoms with Gasteiger partial charge in [-0.05, 0) is 12.0 Å². The lowest BCUT2D eigenvalue weighted by atomic mass is 10.2. The van der Waals surface area contributed by atoms with Crippen LogP contribution in [-0.4, -0.2) is 5.88 Å². The van der Waals surface area contributed by atoms with Crippen molar-refractivity contribution < 1.29 is 0 Å². The van der Waals surface area contributed by atoms with E-state index in [0.29, 0.717) is 5.88 Å². The molecule has 1 aromatic carbocycles. The maximum Gasteiger partial charge on any atom is 0.0438 e. The summed E-state index contributed by atoms with van der Waals surface area (Å²) in [6.45, 7) is 0. The normalized spacial score (nSPS) is 11.7. The predicted octanol–water partition coefficient (Wildman–Crippen LogP) is 3.90. The third-order valence-corrected chi connectivity index (χ3v) is 2.07. The van der Waals surface area contributed by atoms with Crippen LogP contribution in [0.2, 0.25) is 0 Å². The highest BCUT2D eigenvalue weighted by Crippen LogP contribution is 2.18. The molecule has 0 radical (unpaired) electrons. The van der Waals surface area contributed by atoms with Gasteiger partial charge in [0.2, 0.25) is 0 Å². The van der Waals surface area contributed by atoms with E-state index < -0.39 is 0 Å². The van der Waals surface area contributed by atoms with Crippen LogP contribution in [0.3, 0.4) is 0 Å². The van der Waals surface area contributed by atoms with E-state index in [2.05, 4.69) is 0 Å². The molecule has 0 heterocycles. The molecule has 12 heavy (non-hydrogen) atoms. The first-order valence-corrected chi connectivity index (χ1v) is 4.73. The molecule has 0 bridgehead atoms. The van der Waals surface area contributed by atoms with E-state index in [-0.39, 0.29) is 0 Å². The van der Waals surface area contributed by atoms with Crippen LogP contribution < -0.4 is 0 Å². The van der Waals surface area contributed by atoms with E-state index in [0.717, 1.165) is 17.0 Å². The lowest BCUT2D eigenvalue weighted by molar-refractivity contribution is 1.24. The summed E-state index contributed by atoms with van der Waals surface area (Å²) in [7, 11) is 0. The molecular formula is C10H10Cl2. The largest absolute Gasteiger partial charge is 0.126 e. The van der Waals surface area contributed by atoms with Crippen molar-refractivity contribution in [2.75, 3.05) is 5.88 Å². The summed E-state index contributed by atoms with van der Waals surface area (Å²) in [5, 5.41) is 0.774. The monoisotopic (exact) mass is 200 g/mol. The number of halogens is 2. The molecule has 0 nitrogen and oxygen atoms in total. The van der Waals surface area contributed by atoms with Gasteiger partial charge in [0.05, 0.1) is 0 Å². The molecule has 64 valence electrons. The summed E-state index contributed by atoms with van der Waals surface area (Å²) in [5.41, 5.74) is 1.05. The average Bonchev–Trinajstić information content (AvgIpc) is 2.15. The molecule has 0 saturated heterocycles. The smallest absolute Gasteiger partial charge is 0.0438 e. The van der Waals surface area contributed by atoms with Crippen molar-refractivity contribution in [1.29, 1.82) is 0 Å². The first-order valence-electron chi connectivity index (χ1n) is 3.81. The third kappa shape index (κ3) is 2.88. The average molecular weight is 201 g/mol. The Morgan fingerprint density at radius 3 is 2.50 bits per heavy atom. The maximum absolute atomic E-state index is 5.99. The minimum atomic E-state index is 0.614. The summed E-state index contributed by atoms with van der Waals surface area (Å²) < 4.78 is 0. The molecule has 1 rings (SSSR count). The Balaban J connectivity index is 2.71. The second-order valence-electron chi connectivity index (χ2n) is 2.40. The molecule has 0 unspecified atom stereocenters. The predicted molar refractivity (Wildman–Crippen MR) is 55.6 cm³/mol. The molecule has 0 saturated carbocycles. The zero-order chi connectivity index (χ0) is 8.81. The Morgan fingerprint density at radius 2 is 1.92 bits per heavy atom. The van der Waals surface area contributed by atoms with Gasteiger partial charge in [0, 0.05) is 10.9 Å². The highest BCUT2D eigenvalue weighted by molar-refractivity contribution is 6.48. The van der Waals surface area contributed by atoms with E-state index in [4.69, 9.17) is 23.2 Å². The number of rotatable bonds is 3. The standard InChI is InChI=1S/C10H10Cl2/c11-8-4-7-10(12)9-5-2-1-3-6-9/h1-3,5-7H,4,8H2/b10-7-. The molecule has 0 aliphatic carbocycles. The molecule has 0 amide bonds. The molecule has 0 fully saturated rings. The van der Waals surface area contributed by atoms with Crippen molar-refractivity contribution in [2.24, 2.45) is 0 Å². The van der Waals surface area contributed by atoms with Gasteiger partial charge < -0.3 is 0 Å². The Labute approximate surface area is 82.8 Å². The quantitative estimate of drug-likeness (QED) is 0.650. The molecular weight excluding hydrogens is 191 g/mol. The van der Waals surface area contributed by atoms with Crippen LogP contribution in [0.4, 0.5) is 0 Å². The van der Waals surface area contributed by atoms with Gasteiger partial charge in [0.1, 0.15) is 0 Å². The van der Waals surface area contributed by atoms with E-state index in [9.17, 15) is 0 Å². The van der Waals surface area contributed by atoms with Crippen LogP contribution in [0.1, 0.15) is 12.0 Å². The van der Waals surface area contributed by atoms with Gasteiger partial charge in [-0.3, -0.25) is 0 Å². The van der Waals surface area contributed by atoms with Gasteiger partial charge in [-0.2, -0.15) is 0 Å². The van der Waals surface area contributed by atoms with Crippen molar-refractivity contribution in [3.05, 3.63) is 42.0 Å². The minimum absolute atomic E-state index is 0.614. The number of hydrogen-bond donors (Lipinski definition) is 0. The zero-order valence-electron chi connectivity index (χ0n) is 6.63. The van der Waals surface area contributed by atoms with Crippen molar-refractivity contribution in [1.82, 2.24) is 0 Å². The van der Waals surface area contributed by atoms with Gasteiger partial charge >= 0.3 is 0 Å². The molecule has 0 aliphatic heterocycles. The van der Waals surface area contributed by atoms with E-state index in [1.165, 1.54) is 0 Å². The van der Waals surface area contributed by atoms with Crippen LogP contribution in [-0.2, 0) is 0 Å². The summed E-state index contributed by atoms with van der Waals surface area (Å²) in [6, 6.07) is 9.86. The van der Waals surface area contributed by atoms with E-state index in [1.54, 1.807) is 0 Å². The summed E-state index contributed by atoms with van der Waals surface area (Å²) in [4.78, 5) is 0. The van der Waals surface area contributed by atoms with E-state index in [1.807, 2.05) is 36.4 Å². The minimum Gasteiger partial charge on any atom is -0.126 e. The summed E-state index contributed by atoms with van der Waals surface area (Å²) >= 11 is 11.5.